The summed E-state index contributed by atoms with van der Waals surface area (Å²) in [4.78, 5) is 11.4. The molecule has 20 heavy (non-hydrogen) atoms. The molecule has 112 valence electrons. The van der Waals surface area contributed by atoms with E-state index >= 15 is 0 Å². The van der Waals surface area contributed by atoms with Gasteiger partial charge in [0.2, 0.25) is 0 Å². The smallest absolute Gasteiger partial charge is 0.307 e. The molecule has 0 aliphatic carbocycles. The van der Waals surface area contributed by atoms with Crippen LogP contribution in [0.2, 0.25) is 0 Å². The summed E-state index contributed by atoms with van der Waals surface area (Å²) in [5.74, 6) is 0.396. The first-order valence-corrected chi connectivity index (χ1v) is 6.66. The second-order valence-corrected chi connectivity index (χ2v) is 4.61. The zero-order chi connectivity index (χ0) is 15.1. The van der Waals surface area contributed by atoms with Gasteiger partial charge < -0.3 is 19.9 Å². The Balaban J connectivity index is 2.93. The monoisotopic (exact) mass is 281 g/mol. The van der Waals surface area contributed by atoms with Gasteiger partial charge in [-0.05, 0) is 36.7 Å². The lowest BCUT2D eigenvalue weighted by Gasteiger charge is -2.24. The molecule has 5 nitrogen and oxygen atoms in total. The molecule has 0 spiro atoms. The number of carbonyl (C=O) groups is 1. The van der Waals surface area contributed by atoms with Crippen molar-refractivity contribution in [1.29, 1.82) is 0 Å². The maximum Gasteiger partial charge on any atom is 0.307 e. The van der Waals surface area contributed by atoms with Gasteiger partial charge in [-0.1, -0.05) is 13.0 Å². The number of nitrogens with one attached hydrogen (secondary N) is 1. The molecule has 0 fully saturated rings. The van der Waals surface area contributed by atoms with E-state index in [2.05, 4.69) is 10.1 Å². The molecule has 0 aliphatic heterocycles. The summed E-state index contributed by atoms with van der Waals surface area (Å²) >= 11 is 0. The van der Waals surface area contributed by atoms with E-state index in [4.69, 9.17) is 4.74 Å². The third-order valence-electron chi connectivity index (χ3n) is 3.26. The number of benzene rings is 1. The number of aryl methyl sites for hydroxylation is 1. The number of hydrogen-bond donors (Lipinski definition) is 2. The van der Waals surface area contributed by atoms with Gasteiger partial charge in [-0.25, -0.2) is 0 Å². The van der Waals surface area contributed by atoms with Gasteiger partial charge in [-0.15, -0.1) is 0 Å². The van der Waals surface area contributed by atoms with Gasteiger partial charge in [0, 0.05) is 6.04 Å². The van der Waals surface area contributed by atoms with Crippen molar-refractivity contribution in [3.05, 3.63) is 29.3 Å². The molecule has 0 saturated heterocycles. The van der Waals surface area contributed by atoms with Crippen LogP contribution in [-0.2, 0) is 9.53 Å². The molecule has 1 aromatic carbocycles. The topological polar surface area (TPSA) is 67.8 Å². The summed E-state index contributed by atoms with van der Waals surface area (Å²) in [5.41, 5.74) is 1.70. The third-order valence-corrected chi connectivity index (χ3v) is 3.26. The molecule has 0 radical (unpaired) electrons. The average Bonchev–Trinajstić information content (AvgIpc) is 2.45. The van der Waals surface area contributed by atoms with E-state index in [-0.39, 0.29) is 18.4 Å². The van der Waals surface area contributed by atoms with Gasteiger partial charge in [0.05, 0.1) is 26.7 Å². The van der Waals surface area contributed by atoms with Crippen molar-refractivity contribution in [2.45, 2.75) is 32.4 Å². The zero-order valence-corrected chi connectivity index (χ0v) is 12.5. The number of carbonyl (C=O) groups excluding carboxylic acids is 1. The van der Waals surface area contributed by atoms with Crippen LogP contribution in [0, 0.1) is 6.92 Å². The summed E-state index contributed by atoms with van der Waals surface area (Å²) < 4.78 is 9.82. The van der Waals surface area contributed by atoms with E-state index in [1.807, 2.05) is 26.0 Å². The molecule has 0 saturated carbocycles. The predicted octanol–water partition coefficient (Wildman–Crippen LogP) is 1.58. The Morgan fingerprint density at radius 3 is 2.60 bits per heavy atom. The lowest BCUT2D eigenvalue weighted by Crippen LogP contribution is -2.37. The van der Waals surface area contributed by atoms with E-state index in [9.17, 15) is 9.90 Å². The second-order valence-electron chi connectivity index (χ2n) is 4.61. The van der Waals surface area contributed by atoms with Crippen LogP contribution in [0.3, 0.4) is 0 Å². The van der Waals surface area contributed by atoms with Crippen molar-refractivity contribution in [2.24, 2.45) is 0 Å². The van der Waals surface area contributed by atoms with E-state index in [0.717, 1.165) is 16.9 Å². The van der Waals surface area contributed by atoms with Gasteiger partial charge >= 0.3 is 5.97 Å². The molecule has 1 rings (SSSR count). The Hall–Kier alpha value is -1.59. The Kier molecular flexibility index (Phi) is 6.48. The van der Waals surface area contributed by atoms with E-state index in [1.165, 1.54) is 7.11 Å². The first-order chi connectivity index (χ1) is 9.53. The van der Waals surface area contributed by atoms with Gasteiger partial charge in [0.15, 0.2) is 0 Å². The molecule has 0 aromatic heterocycles. The summed E-state index contributed by atoms with van der Waals surface area (Å²) in [5, 5.41) is 13.6. The van der Waals surface area contributed by atoms with Crippen molar-refractivity contribution >= 4 is 5.97 Å². The largest absolute Gasteiger partial charge is 0.497 e. The Labute approximate surface area is 119 Å². The fourth-order valence-electron chi connectivity index (χ4n) is 2.14. The summed E-state index contributed by atoms with van der Waals surface area (Å²) in [6, 6.07) is 5.10. The molecule has 0 heterocycles. The summed E-state index contributed by atoms with van der Waals surface area (Å²) in [6.07, 6.45) is -0.656. The average molecular weight is 281 g/mol. The highest BCUT2D eigenvalue weighted by molar-refractivity contribution is 5.70. The summed E-state index contributed by atoms with van der Waals surface area (Å²) in [6.45, 7) is 4.49. The number of aliphatic hydroxyl groups is 1. The Bertz CT molecular complexity index is 447. The molecule has 0 bridgehead atoms. The van der Waals surface area contributed by atoms with Crippen LogP contribution in [0.4, 0.5) is 0 Å². The molecule has 2 unspecified atom stereocenters. The van der Waals surface area contributed by atoms with E-state index in [1.54, 1.807) is 13.2 Å². The number of aliphatic hydroxyl groups excluding tert-OH is 1. The lowest BCUT2D eigenvalue weighted by atomic mass is 9.95. The van der Waals surface area contributed by atoms with Crippen molar-refractivity contribution in [1.82, 2.24) is 5.32 Å². The minimum Gasteiger partial charge on any atom is -0.497 e. The molecule has 5 heteroatoms. The van der Waals surface area contributed by atoms with Crippen LogP contribution in [0.1, 0.15) is 30.6 Å². The first kappa shape index (κ1) is 16.5. The van der Waals surface area contributed by atoms with Crippen LogP contribution >= 0.6 is 0 Å². The van der Waals surface area contributed by atoms with Crippen molar-refractivity contribution in [3.8, 4) is 5.75 Å². The van der Waals surface area contributed by atoms with Crippen LogP contribution in [0.15, 0.2) is 18.2 Å². The molecule has 0 aliphatic rings. The number of esters is 1. The number of likely N-dealkylation sites (N-methyl/N-ethyl adjacent to an activating group) is 1. The van der Waals surface area contributed by atoms with Crippen molar-refractivity contribution < 1.29 is 19.4 Å². The Morgan fingerprint density at radius 1 is 1.40 bits per heavy atom. The highest BCUT2D eigenvalue weighted by Crippen LogP contribution is 2.26. The van der Waals surface area contributed by atoms with Crippen LogP contribution in [0.25, 0.3) is 0 Å². The fraction of sp³-hybridized carbons (Fsp3) is 0.533. The minimum absolute atomic E-state index is 0.122. The maximum absolute atomic E-state index is 11.4. The van der Waals surface area contributed by atoms with Crippen LogP contribution in [-0.4, -0.2) is 37.9 Å². The zero-order valence-electron chi connectivity index (χ0n) is 12.5. The standard InChI is InChI=1S/C15H23NO4/c1-5-16-13(9-14(17)20-4)15(18)12-7-6-11(19-3)8-10(12)2/h6-8,13,15-16,18H,5,9H2,1-4H3. The molecule has 2 N–H and O–H groups in total. The van der Waals surface area contributed by atoms with Crippen molar-refractivity contribution in [3.63, 3.8) is 0 Å². The third kappa shape index (κ3) is 4.21. The summed E-state index contributed by atoms with van der Waals surface area (Å²) in [7, 11) is 2.94. The van der Waals surface area contributed by atoms with Gasteiger partial charge in [0.1, 0.15) is 5.75 Å². The number of methoxy groups -OCH3 is 2. The van der Waals surface area contributed by atoms with Gasteiger partial charge in [0.25, 0.3) is 0 Å². The molecule has 2 atom stereocenters. The molecule has 0 amide bonds. The van der Waals surface area contributed by atoms with Crippen molar-refractivity contribution in [2.75, 3.05) is 20.8 Å². The van der Waals surface area contributed by atoms with E-state index < -0.39 is 6.10 Å². The normalized spacial score (nSPS) is 13.7. The van der Waals surface area contributed by atoms with Crippen LogP contribution < -0.4 is 10.1 Å². The lowest BCUT2D eigenvalue weighted by molar-refractivity contribution is -0.142. The first-order valence-electron chi connectivity index (χ1n) is 6.66. The second kappa shape index (κ2) is 7.87. The highest BCUT2D eigenvalue weighted by Gasteiger charge is 2.24. The van der Waals surface area contributed by atoms with Crippen LogP contribution in [0.5, 0.6) is 5.75 Å². The minimum atomic E-state index is -0.778. The Morgan fingerprint density at radius 2 is 2.10 bits per heavy atom. The number of hydrogen-bond acceptors (Lipinski definition) is 5. The predicted molar refractivity (Wildman–Crippen MR) is 76.8 cm³/mol. The number of rotatable bonds is 7. The highest BCUT2D eigenvalue weighted by atomic mass is 16.5. The SMILES string of the molecule is CCNC(CC(=O)OC)C(O)c1ccc(OC)cc1C. The molecule has 1 aromatic rings. The quantitative estimate of drug-likeness (QED) is 0.743. The van der Waals surface area contributed by atoms with Gasteiger partial charge in [-0.3, -0.25) is 4.79 Å². The van der Waals surface area contributed by atoms with E-state index in [0.29, 0.717) is 6.54 Å². The van der Waals surface area contributed by atoms with Gasteiger partial charge in [-0.2, -0.15) is 0 Å². The molecular weight excluding hydrogens is 258 g/mol. The maximum atomic E-state index is 11.4. The molecular formula is C15H23NO4. The number of ether oxygens (including phenoxy) is 2. The fourth-order valence-corrected chi connectivity index (χ4v) is 2.14.